The molecule has 2 aliphatic rings. The normalized spacial score (nSPS) is 29.6. The minimum Gasteiger partial charge on any atom is -0.444 e. The summed E-state index contributed by atoms with van der Waals surface area (Å²) >= 11 is 0. The van der Waals surface area contributed by atoms with Crippen molar-refractivity contribution in [2.45, 2.75) is 64.1 Å². The van der Waals surface area contributed by atoms with E-state index in [1.807, 2.05) is 0 Å². The first kappa shape index (κ1) is 17.6. The summed E-state index contributed by atoms with van der Waals surface area (Å²) < 4.78 is 5.21. The van der Waals surface area contributed by atoms with Crippen molar-refractivity contribution in [3.8, 4) is 0 Å². The number of hydrogen-bond acceptors (Lipinski definition) is 4. The molecule has 2 saturated carbocycles. The maximum atomic E-state index is 12.3. The van der Waals surface area contributed by atoms with E-state index in [2.05, 4.69) is 16.0 Å². The van der Waals surface area contributed by atoms with Gasteiger partial charge in [-0.15, -0.1) is 0 Å². The van der Waals surface area contributed by atoms with Crippen LogP contribution in [-0.4, -0.2) is 42.6 Å². The Labute approximate surface area is 136 Å². The first-order valence-corrected chi connectivity index (χ1v) is 8.22. The van der Waals surface area contributed by atoms with Crippen molar-refractivity contribution in [2.75, 3.05) is 7.05 Å². The highest BCUT2D eigenvalue weighted by molar-refractivity contribution is 5.84. The molecular formula is C16H27N3O4. The molecular weight excluding hydrogens is 298 g/mol. The Morgan fingerprint density at radius 2 is 1.39 bits per heavy atom. The Morgan fingerprint density at radius 1 is 0.870 bits per heavy atom. The van der Waals surface area contributed by atoms with E-state index in [-0.39, 0.29) is 35.7 Å². The third-order valence-electron chi connectivity index (χ3n) is 4.50. The van der Waals surface area contributed by atoms with Crippen molar-refractivity contribution in [3.05, 3.63) is 0 Å². The number of carbonyl (C=O) groups excluding carboxylic acids is 3. The molecule has 0 unspecified atom stereocenters. The van der Waals surface area contributed by atoms with Crippen LogP contribution in [0.25, 0.3) is 0 Å². The lowest BCUT2D eigenvalue weighted by Crippen LogP contribution is -2.58. The van der Waals surface area contributed by atoms with Crippen LogP contribution in [0, 0.1) is 11.8 Å². The van der Waals surface area contributed by atoms with Gasteiger partial charge in [0.2, 0.25) is 11.8 Å². The molecule has 0 aromatic carbocycles. The van der Waals surface area contributed by atoms with Gasteiger partial charge in [-0.25, -0.2) is 4.79 Å². The van der Waals surface area contributed by atoms with E-state index in [1.54, 1.807) is 27.8 Å². The van der Waals surface area contributed by atoms with Crippen LogP contribution < -0.4 is 16.0 Å². The fourth-order valence-corrected chi connectivity index (χ4v) is 2.91. The highest BCUT2D eigenvalue weighted by atomic mass is 16.6. The van der Waals surface area contributed by atoms with E-state index >= 15 is 0 Å². The molecule has 2 aliphatic carbocycles. The molecule has 0 aromatic heterocycles. The van der Waals surface area contributed by atoms with E-state index in [0.717, 1.165) is 25.7 Å². The van der Waals surface area contributed by atoms with Gasteiger partial charge in [-0.3, -0.25) is 9.59 Å². The number of ether oxygens (including phenoxy) is 1. The zero-order chi connectivity index (χ0) is 17.2. The molecule has 0 radical (unpaired) electrons. The van der Waals surface area contributed by atoms with Crippen LogP contribution in [-0.2, 0) is 14.3 Å². The molecule has 2 fully saturated rings. The summed E-state index contributed by atoms with van der Waals surface area (Å²) in [6.45, 7) is 5.40. The molecule has 3 N–H and O–H groups in total. The van der Waals surface area contributed by atoms with Crippen LogP contribution in [0.2, 0.25) is 0 Å². The molecule has 3 amide bonds. The Bertz CT molecular complexity index is 486. The first-order chi connectivity index (χ1) is 10.7. The minimum absolute atomic E-state index is 0.0291. The van der Waals surface area contributed by atoms with E-state index in [0.29, 0.717) is 0 Å². The standard InChI is InChI=1S/C16H27N3O4/c1-16(2,3)23-15(22)19-12-8-6-10(12)14(21)18-11-7-5-9(11)13(20)17-4/h9-12H,5-8H2,1-4H3,(H,17,20)(H,18,21)(H,19,22)/t9-,10-,11+,12-/m0/s1. The number of carbonyl (C=O) groups is 3. The van der Waals surface area contributed by atoms with Crippen molar-refractivity contribution < 1.29 is 19.1 Å². The number of rotatable bonds is 4. The summed E-state index contributed by atoms with van der Waals surface area (Å²) in [6.07, 6.45) is 2.63. The van der Waals surface area contributed by atoms with Crippen LogP contribution in [0.3, 0.4) is 0 Å². The van der Waals surface area contributed by atoms with E-state index in [9.17, 15) is 14.4 Å². The van der Waals surface area contributed by atoms with Crippen molar-refractivity contribution in [3.63, 3.8) is 0 Å². The summed E-state index contributed by atoms with van der Waals surface area (Å²) in [5, 5.41) is 8.32. The van der Waals surface area contributed by atoms with Crippen molar-refractivity contribution in [1.29, 1.82) is 0 Å². The maximum Gasteiger partial charge on any atom is 0.407 e. The van der Waals surface area contributed by atoms with Crippen LogP contribution in [0.4, 0.5) is 4.79 Å². The molecule has 0 saturated heterocycles. The molecule has 0 heterocycles. The summed E-state index contributed by atoms with van der Waals surface area (Å²) in [5.74, 6) is -0.496. The molecule has 23 heavy (non-hydrogen) atoms. The predicted octanol–water partition coefficient (Wildman–Crippen LogP) is 0.930. The number of nitrogens with one attached hydrogen (secondary N) is 3. The highest BCUT2D eigenvalue weighted by Gasteiger charge is 2.42. The summed E-state index contributed by atoms with van der Waals surface area (Å²) in [5.41, 5.74) is -0.557. The fourth-order valence-electron chi connectivity index (χ4n) is 2.91. The molecule has 7 nitrogen and oxygen atoms in total. The quantitative estimate of drug-likeness (QED) is 0.716. The third-order valence-corrected chi connectivity index (χ3v) is 4.50. The second-order valence-corrected chi connectivity index (χ2v) is 7.35. The SMILES string of the molecule is CNC(=O)[C@H]1CC[C@H]1NC(=O)[C@H]1CC[C@@H]1NC(=O)OC(C)(C)C. The molecule has 0 spiro atoms. The third kappa shape index (κ3) is 4.36. The Balaban J connectivity index is 1.79. The van der Waals surface area contributed by atoms with E-state index in [1.165, 1.54) is 0 Å². The molecule has 0 aliphatic heterocycles. The largest absolute Gasteiger partial charge is 0.444 e. The number of amides is 3. The van der Waals surface area contributed by atoms with Crippen LogP contribution in [0.1, 0.15) is 46.5 Å². The smallest absolute Gasteiger partial charge is 0.407 e. The van der Waals surface area contributed by atoms with Gasteiger partial charge in [0.1, 0.15) is 5.60 Å². The van der Waals surface area contributed by atoms with Crippen LogP contribution in [0.5, 0.6) is 0 Å². The van der Waals surface area contributed by atoms with Gasteiger partial charge in [0.25, 0.3) is 0 Å². The number of hydrogen-bond donors (Lipinski definition) is 3. The second kappa shape index (κ2) is 6.76. The molecule has 0 aromatic rings. The van der Waals surface area contributed by atoms with Crippen molar-refractivity contribution in [1.82, 2.24) is 16.0 Å². The molecule has 130 valence electrons. The minimum atomic E-state index is -0.557. The Kier molecular flexibility index (Phi) is 5.16. The molecule has 4 atom stereocenters. The van der Waals surface area contributed by atoms with Crippen molar-refractivity contribution in [2.24, 2.45) is 11.8 Å². The zero-order valence-corrected chi connectivity index (χ0v) is 14.3. The number of alkyl carbamates (subject to hydrolysis) is 1. The van der Waals surface area contributed by atoms with Crippen molar-refractivity contribution >= 4 is 17.9 Å². The van der Waals surface area contributed by atoms with Gasteiger partial charge in [0.15, 0.2) is 0 Å². The summed E-state index contributed by atoms with van der Waals surface area (Å²) in [4.78, 5) is 35.8. The Hall–Kier alpha value is -1.79. The molecule has 7 heteroatoms. The first-order valence-electron chi connectivity index (χ1n) is 8.22. The lowest BCUT2D eigenvalue weighted by Gasteiger charge is -2.40. The van der Waals surface area contributed by atoms with Crippen LogP contribution >= 0.6 is 0 Å². The fraction of sp³-hybridized carbons (Fsp3) is 0.812. The highest BCUT2D eigenvalue weighted by Crippen LogP contribution is 2.31. The maximum absolute atomic E-state index is 12.3. The predicted molar refractivity (Wildman–Crippen MR) is 84.6 cm³/mol. The van der Waals surface area contributed by atoms with Gasteiger partial charge < -0.3 is 20.7 Å². The summed E-state index contributed by atoms with van der Waals surface area (Å²) in [6, 6.07) is -0.284. The zero-order valence-electron chi connectivity index (χ0n) is 14.3. The van der Waals surface area contributed by atoms with Gasteiger partial charge in [-0.2, -0.15) is 0 Å². The second-order valence-electron chi connectivity index (χ2n) is 7.35. The monoisotopic (exact) mass is 325 g/mol. The van der Waals surface area contributed by atoms with Gasteiger partial charge in [0.05, 0.1) is 11.8 Å². The Morgan fingerprint density at radius 3 is 1.83 bits per heavy atom. The van der Waals surface area contributed by atoms with Gasteiger partial charge >= 0.3 is 6.09 Å². The average Bonchev–Trinajstić information content (AvgIpc) is 2.37. The lowest BCUT2D eigenvalue weighted by molar-refractivity contribution is -0.133. The topological polar surface area (TPSA) is 96.5 Å². The van der Waals surface area contributed by atoms with Crippen LogP contribution in [0.15, 0.2) is 0 Å². The molecule has 2 rings (SSSR count). The molecule has 0 bridgehead atoms. The van der Waals surface area contributed by atoms with Gasteiger partial charge in [-0.1, -0.05) is 0 Å². The van der Waals surface area contributed by atoms with Gasteiger partial charge in [-0.05, 0) is 46.5 Å². The average molecular weight is 325 g/mol. The van der Waals surface area contributed by atoms with E-state index < -0.39 is 11.7 Å². The lowest BCUT2D eigenvalue weighted by atomic mass is 9.76. The summed E-state index contributed by atoms with van der Waals surface area (Å²) in [7, 11) is 1.60. The van der Waals surface area contributed by atoms with E-state index in [4.69, 9.17) is 4.74 Å². The van der Waals surface area contributed by atoms with Gasteiger partial charge in [0, 0.05) is 19.1 Å².